The Morgan fingerprint density at radius 3 is 1.44 bits per heavy atom. The third-order valence-corrected chi connectivity index (χ3v) is 6.01. The number of hydrogen-bond acceptors (Lipinski definition) is 0. The van der Waals surface area contributed by atoms with Gasteiger partial charge in [-0.1, -0.05) is 115 Å². The van der Waals surface area contributed by atoms with E-state index in [0.717, 1.165) is 0 Å². The normalized spacial score (nSPS) is 12.4. The molecule has 0 aromatic heterocycles. The minimum Gasteiger partial charge on any atom is -0.305 e. The number of aryl methyl sites for hydroxylation is 1. The van der Waals surface area contributed by atoms with E-state index in [1.807, 2.05) is 0 Å². The Hall–Kier alpha value is -0.820. The molecule has 1 atom stereocenters. The van der Waals surface area contributed by atoms with E-state index in [4.69, 9.17) is 0 Å². The lowest BCUT2D eigenvalue weighted by atomic mass is 10.0. The molecule has 156 valence electrons. The van der Waals surface area contributed by atoms with Crippen LogP contribution in [0.3, 0.4) is 0 Å². The lowest BCUT2D eigenvalue weighted by Crippen LogP contribution is -3.04. The fourth-order valence-corrected chi connectivity index (χ4v) is 4.12. The molecule has 27 heavy (non-hydrogen) atoms. The van der Waals surface area contributed by atoms with E-state index < -0.39 is 0 Å². The molecule has 1 N–H and O–H groups in total. The molecule has 0 saturated heterocycles. The van der Waals surface area contributed by atoms with Crippen LogP contribution >= 0.6 is 0 Å². The van der Waals surface area contributed by atoms with Crippen molar-refractivity contribution >= 4 is 5.69 Å². The van der Waals surface area contributed by atoms with Crippen LogP contribution in [0.5, 0.6) is 0 Å². The van der Waals surface area contributed by atoms with Crippen molar-refractivity contribution in [2.45, 2.75) is 117 Å². The average Bonchev–Trinajstić information content (AvgIpc) is 2.68. The van der Waals surface area contributed by atoms with Crippen LogP contribution in [0.2, 0.25) is 0 Å². The van der Waals surface area contributed by atoms with Crippen molar-refractivity contribution in [2.24, 2.45) is 0 Å². The Kier molecular flexibility index (Phi) is 15.5. The van der Waals surface area contributed by atoms with Gasteiger partial charge in [0, 0.05) is 5.56 Å². The van der Waals surface area contributed by atoms with Crippen LogP contribution < -0.4 is 4.90 Å². The van der Waals surface area contributed by atoms with Crippen LogP contribution in [0.4, 0.5) is 5.69 Å². The minimum absolute atomic E-state index is 1.27. The fourth-order valence-electron chi connectivity index (χ4n) is 4.12. The topological polar surface area (TPSA) is 4.44 Å². The maximum absolute atomic E-state index is 2.31. The lowest BCUT2D eigenvalue weighted by Gasteiger charge is -2.15. The molecule has 0 aliphatic heterocycles. The molecule has 1 aromatic rings. The van der Waals surface area contributed by atoms with Gasteiger partial charge in [0.25, 0.3) is 0 Å². The standard InChI is InChI=1S/C26H47N/c1-4-5-6-7-8-9-10-11-12-13-14-15-16-17-18-21-24-27(3)26-23-20-19-22-25(26)2/h19-20,22-23H,4-18,21,24H2,1-3H3/p+1. The lowest BCUT2D eigenvalue weighted by molar-refractivity contribution is -0.810. The van der Waals surface area contributed by atoms with Gasteiger partial charge in [0.1, 0.15) is 5.69 Å². The Morgan fingerprint density at radius 1 is 0.593 bits per heavy atom. The summed E-state index contributed by atoms with van der Waals surface area (Å²) in [6, 6.07) is 8.81. The van der Waals surface area contributed by atoms with Gasteiger partial charge < -0.3 is 4.90 Å². The highest BCUT2D eigenvalue weighted by atomic mass is 15.1. The molecule has 0 saturated carbocycles. The molecule has 0 aliphatic rings. The molecule has 1 heteroatoms. The number of quaternary nitrogens is 1. The molecule has 0 heterocycles. The number of nitrogens with one attached hydrogen (secondary N) is 1. The van der Waals surface area contributed by atoms with Gasteiger partial charge in [-0.3, -0.25) is 0 Å². The van der Waals surface area contributed by atoms with Crippen LogP contribution in [-0.2, 0) is 0 Å². The van der Waals surface area contributed by atoms with E-state index in [1.165, 1.54) is 121 Å². The predicted octanol–water partition coefficient (Wildman–Crippen LogP) is 7.40. The largest absolute Gasteiger partial charge is 0.305 e. The first-order valence-corrected chi connectivity index (χ1v) is 12.1. The Morgan fingerprint density at radius 2 is 1.00 bits per heavy atom. The zero-order valence-corrected chi connectivity index (χ0v) is 18.8. The Bertz CT molecular complexity index is 440. The maximum Gasteiger partial charge on any atom is 0.133 e. The first kappa shape index (κ1) is 24.2. The van der Waals surface area contributed by atoms with Crippen LogP contribution in [0.25, 0.3) is 0 Å². The second-order valence-corrected chi connectivity index (χ2v) is 8.65. The highest BCUT2D eigenvalue weighted by Gasteiger charge is 2.08. The summed E-state index contributed by atoms with van der Waals surface area (Å²) < 4.78 is 0. The van der Waals surface area contributed by atoms with Gasteiger partial charge in [-0.15, -0.1) is 0 Å². The molecule has 0 bridgehead atoms. The van der Waals surface area contributed by atoms with Gasteiger partial charge in [-0.2, -0.15) is 0 Å². The van der Waals surface area contributed by atoms with Crippen molar-refractivity contribution < 1.29 is 4.90 Å². The quantitative estimate of drug-likeness (QED) is 0.255. The molecule has 0 fully saturated rings. The van der Waals surface area contributed by atoms with Crippen molar-refractivity contribution in [3.63, 3.8) is 0 Å². The number of benzene rings is 1. The molecule has 0 radical (unpaired) electrons. The average molecular weight is 375 g/mol. The molecule has 1 rings (SSSR count). The summed E-state index contributed by atoms with van der Waals surface area (Å²) in [4.78, 5) is 1.57. The molecule has 1 unspecified atom stereocenters. The molecular formula is C26H48N+. The molecular weight excluding hydrogens is 326 g/mol. The second kappa shape index (κ2) is 17.3. The van der Waals surface area contributed by atoms with Gasteiger partial charge >= 0.3 is 0 Å². The van der Waals surface area contributed by atoms with Gasteiger partial charge in [-0.05, 0) is 25.8 Å². The van der Waals surface area contributed by atoms with E-state index in [9.17, 15) is 0 Å². The number of unbranched alkanes of at least 4 members (excludes halogenated alkanes) is 15. The summed E-state index contributed by atoms with van der Waals surface area (Å²) in [6.45, 7) is 5.79. The summed E-state index contributed by atoms with van der Waals surface area (Å²) in [6.07, 6.45) is 23.1. The molecule has 0 spiro atoms. The van der Waals surface area contributed by atoms with E-state index in [0.29, 0.717) is 0 Å². The van der Waals surface area contributed by atoms with Gasteiger partial charge in [0.05, 0.1) is 13.6 Å². The SMILES string of the molecule is CCCCCCCCCCCCCCCCCC[NH+](C)c1ccccc1C. The second-order valence-electron chi connectivity index (χ2n) is 8.65. The zero-order chi connectivity index (χ0) is 19.6. The fraction of sp³-hybridized carbons (Fsp3) is 0.769. The molecule has 0 amide bonds. The van der Waals surface area contributed by atoms with Crippen LogP contribution in [-0.4, -0.2) is 13.6 Å². The monoisotopic (exact) mass is 374 g/mol. The Labute approximate surface area is 170 Å². The van der Waals surface area contributed by atoms with Crippen LogP contribution in [0, 0.1) is 6.92 Å². The van der Waals surface area contributed by atoms with Crippen molar-refractivity contribution in [2.75, 3.05) is 13.6 Å². The van der Waals surface area contributed by atoms with Crippen molar-refractivity contribution in [3.8, 4) is 0 Å². The minimum atomic E-state index is 1.27. The van der Waals surface area contributed by atoms with Gasteiger partial charge in [0.15, 0.2) is 0 Å². The van der Waals surface area contributed by atoms with Crippen molar-refractivity contribution in [1.29, 1.82) is 0 Å². The molecule has 1 aromatic carbocycles. The first-order valence-electron chi connectivity index (χ1n) is 12.1. The van der Waals surface area contributed by atoms with Crippen LogP contribution in [0.15, 0.2) is 24.3 Å². The number of hydrogen-bond donors (Lipinski definition) is 1. The van der Waals surface area contributed by atoms with Crippen molar-refractivity contribution in [1.82, 2.24) is 0 Å². The third-order valence-electron chi connectivity index (χ3n) is 6.01. The third kappa shape index (κ3) is 13.1. The van der Waals surface area contributed by atoms with E-state index in [1.54, 1.807) is 4.90 Å². The summed E-state index contributed by atoms with van der Waals surface area (Å²) in [5.41, 5.74) is 2.89. The molecule has 1 nitrogen and oxygen atoms in total. The highest BCUT2D eigenvalue weighted by Crippen LogP contribution is 2.13. The van der Waals surface area contributed by atoms with Crippen molar-refractivity contribution in [3.05, 3.63) is 29.8 Å². The highest BCUT2D eigenvalue weighted by molar-refractivity contribution is 5.37. The van der Waals surface area contributed by atoms with Gasteiger partial charge in [-0.25, -0.2) is 0 Å². The maximum atomic E-state index is 2.31. The van der Waals surface area contributed by atoms with E-state index in [-0.39, 0.29) is 0 Å². The summed E-state index contributed by atoms with van der Waals surface area (Å²) >= 11 is 0. The van der Waals surface area contributed by atoms with E-state index in [2.05, 4.69) is 45.2 Å². The first-order chi connectivity index (χ1) is 13.3. The predicted molar refractivity (Wildman–Crippen MR) is 122 cm³/mol. The summed E-state index contributed by atoms with van der Waals surface area (Å²) in [5, 5.41) is 0. The molecule has 0 aliphatic carbocycles. The summed E-state index contributed by atoms with van der Waals surface area (Å²) in [7, 11) is 2.31. The van der Waals surface area contributed by atoms with Crippen LogP contribution in [0.1, 0.15) is 115 Å². The summed E-state index contributed by atoms with van der Waals surface area (Å²) in [5.74, 6) is 0. The smallest absolute Gasteiger partial charge is 0.133 e. The van der Waals surface area contributed by atoms with E-state index >= 15 is 0 Å². The zero-order valence-electron chi connectivity index (χ0n) is 18.8. The van der Waals surface area contributed by atoms with Gasteiger partial charge in [0.2, 0.25) is 0 Å². The number of para-hydroxylation sites is 1. The number of rotatable bonds is 18. The Balaban J connectivity index is 1.81.